The monoisotopic (exact) mass is 341 g/mol. The van der Waals surface area contributed by atoms with E-state index in [1.54, 1.807) is 6.20 Å². The molecule has 24 heavy (non-hydrogen) atoms. The van der Waals surface area contributed by atoms with E-state index in [1.165, 1.54) is 11.3 Å². The van der Waals surface area contributed by atoms with E-state index in [1.807, 2.05) is 35.2 Å². The van der Waals surface area contributed by atoms with E-state index < -0.39 is 0 Å². The summed E-state index contributed by atoms with van der Waals surface area (Å²) in [4.78, 5) is 21.4. The van der Waals surface area contributed by atoms with Crippen LogP contribution in [0.15, 0.2) is 36.5 Å². The van der Waals surface area contributed by atoms with Crippen molar-refractivity contribution in [2.24, 2.45) is 0 Å². The molecule has 1 fully saturated rings. The summed E-state index contributed by atoms with van der Waals surface area (Å²) >= 11 is 1.34. The molecule has 3 rings (SSSR count). The van der Waals surface area contributed by atoms with Gasteiger partial charge in [0.1, 0.15) is 4.88 Å². The molecule has 1 aromatic heterocycles. The minimum Gasteiger partial charge on any atom is -0.395 e. The molecule has 0 atom stereocenters. The van der Waals surface area contributed by atoms with Crippen molar-refractivity contribution in [1.29, 1.82) is 0 Å². The first-order chi connectivity index (χ1) is 11.8. The first-order valence-electron chi connectivity index (χ1n) is 7.91. The smallest absolute Gasteiger partial charge is 0.265 e. The Morgan fingerprint density at radius 3 is 2.62 bits per heavy atom. The molecule has 1 aliphatic rings. The number of carbonyl (C=O) groups excluding carboxylic acids is 1. The SMILES string of the molecule is O=C(c1cnc(C#Cc2ccccc2)s1)N1CCN(CCO)CC1. The molecule has 2 aromatic rings. The number of rotatable bonds is 3. The highest BCUT2D eigenvalue weighted by molar-refractivity contribution is 7.14. The lowest BCUT2D eigenvalue weighted by atomic mass is 10.2. The number of aromatic nitrogens is 1. The van der Waals surface area contributed by atoms with Crippen LogP contribution in [0, 0.1) is 11.8 Å². The van der Waals surface area contributed by atoms with E-state index in [9.17, 15) is 4.79 Å². The van der Waals surface area contributed by atoms with E-state index in [0.717, 1.165) is 18.7 Å². The fourth-order valence-electron chi connectivity index (χ4n) is 2.55. The Labute approximate surface area is 145 Å². The molecule has 6 heteroatoms. The van der Waals surface area contributed by atoms with Gasteiger partial charge in [0.2, 0.25) is 0 Å². The van der Waals surface area contributed by atoms with Gasteiger partial charge in [0, 0.05) is 38.3 Å². The van der Waals surface area contributed by atoms with Crippen LogP contribution >= 0.6 is 11.3 Å². The lowest BCUT2D eigenvalue weighted by molar-refractivity contribution is 0.0619. The lowest BCUT2D eigenvalue weighted by Gasteiger charge is -2.34. The normalized spacial score (nSPS) is 15.0. The molecule has 0 aliphatic carbocycles. The molecule has 5 nitrogen and oxygen atoms in total. The standard InChI is InChI=1S/C18H19N3O2S/c22-13-12-20-8-10-21(11-9-20)18(23)16-14-19-17(24-16)7-6-15-4-2-1-3-5-15/h1-5,14,22H,8-13H2. The summed E-state index contributed by atoms with van der Waals surface area (Å²) in [6.45, 7) is 3.79. The minimum absolute atomic E-state index is 0.0175. The molecule has 1 aliphatic heterocycles. The number of piperazine rings is 1. The van der Waals surface area contributed by atoms with Crippen molar-refractivity contribution in [2.75, 3.05) is 39.3 Å². The summed E-state index contributed by atoms with van der Waals surface area (Å²) < 4.78 is 0. The number of β-amino-alcohol motifs (C(OH)–C–C–N with tert-alkyl or cyclic N) is 1. The van der Waals surface area contributed by atoms with Crippen molar-refractivity contribution in [3.8, 4) is 11.8 Å². The zero-order valence-electron chi connectivity index (χ0n) is 13.3. The maximum atomic E-state index is 12.5. The van der Waals surface area contributed by atoms with Gasteiger partial charge in [-0.2, -0.15) is 0 Å². The Morgan fingerprint density at radius 1 is 1.17 bits per heavy atom. The predicted octanol–water partition coefficient (Wildman–Crippen LogP) is 1.29. The van der Waals surface area contributed by atoms with Gasteiger partial charge in [-0.3, -0.25) is 9.69 Å². The summed E-state index contributed by atoms with van der Waals surface area (Å²) in [6, 6.07) is 9.72. The second kappa shape index (κ2) is 8.06. The Balaban J connectivity index is 1.61. The van der Waals surface area contributed by atoms with Crippen LogP contribution < -0.4 is 0 Å². The largest absolute Gasteiger partial charge is 0.395 e. The second-order valence-electron chi connectivity index (χ2n) is 5.50. The topological polar surface area (TPSA) is 56.7 Å². The summed E-state index contributed by atoms with van der Waals surface area (Å²) in [5, 5.41) is 9.62. The highest BCUT2D eigenvalue weighted by Gasteiger charge is 2.23. The van der Waals surface area contributed by atoms with Gasteiger partial charge in [-0.1, -0.05) is 24.1 Å². The molecular weight excluding hydrogens is 322 g/mol. The summed E-state index contributed by atoms with van der Waals surface area (Å²) in [7, 11) is 0. The number of nitrogens with zero attached hydrogens (tertiary/aromatic N) is 3. The third kappa shape index (κ3) is 4.20. The fourth-order valence-corrected chi connectivity index (χ4v) is 3.29. The van der Waals surface area contributed by atoms with Crippen molar-refractivity contribution in [3.63, 3.8) is 0 Å². The number of amides is 1. The molecule has 0 spiro atoms. The van der Waals surface area contributed by atoms with Crippen molar-refractivity contribution in [3.05, 3.63) is 52.0 Å². The average Bonchev–Trinajstić information content (AvgIpc) is 3.10. The first kappa shape index (κ1) is 16.7. The van der Waals surface area contributed by atoms with Gasteiger partial charge < -0.3 is 10.0 Å². The number of hydrogen-bond acceptors (Lipinski definition) is 5. The Hall–Kier alpha value is -2.20. The summed E-state index contributed by atoms with van der Waals surface area (Å²) in [5.74, 6) is 6.09. The number of benzene rings is 1. The van der Waals surface area contributed by atoms with Crippen molar-refractivity contribution >= 4 is 17.2 Å². The van der Waals surface area contributed by atoms with Gasteiger partial charge in [0.25, 0.3) is 5.91 Å². The molecule has 0 unspecified atom stereocenters. The average molecular weight is 341 g/mol. The van der Waals surface area contributed by atoms with Crippen LogP contribution in [0.25, 0.3) is 0 Å². The van der Waals surface area contributed by atoms with E-state index >= 15 is 0 Å². The summed E-state index contributed by atoms with van der Waals surface area (Å²) in [6.07, 6.45) is 1.61. The van der Waals surface area contributed by atoms with E-state index in [0.29, 0.717) is 29.5 Å². The fraction of sp³-hybridized carbons (Fsp3) is 0.333. The number of aliphatic hydroxyl groups is 1. The van der Waals surface area contributed by atoms with Crippen LogP contribution in [0.1, 0.15) is 20.2 Å². The van der Waals surface area contributed by atoms with Crippen LogP contribution in [-0.4, -0.2) is 65.1 Å². The molecule has 1 N–H and O–H groups in total. The van der Waals surface area contributed by atoms with Gasteiger partial charge in [-0.05, 0) is 18.1 Å². The number of carbonyl (C=O) groups is 1. The van der Waals surface area contributed by atoms with Crippen molar-refractivity contribution < 1.29 is 9.90 Å². The van der Waals surface area contributed by atoms with Gasteiger partial charge in [-0.25, -0.2) is 4.98 Å². The molecular formula is C18H19N3O2S. The molecule has 124 valence electrons. The van der Waals surface area contributed by atoms with E-state index in [4.69, 9.17) is 5.11 Å². The third-order valence-electron chi connectivity index (χ3n) is 3.88. The molecule has 2 heterocycles. The molecule has 0 saturated carbocycles. The number of hydrogen-bond donors (Lipinski definition) is 1. The minimum atomic E-state index is 0.0175. The van der Waals surface area contributed by atoms with Gasteiger partial charge in [-0.15, -0.1) is 11.3 Å². The Kier molecular flexibility index (Phi) is 5.59. The maximum Gasteiger partial charge on any atom is 0.265 e. The summed E-state index contributed by atoms with van der Waals surface area (Å²) in [5.41, 5.74) is 0.931. The second-order valence-corrected chi connectivity index (χ2v) is 6.53. The lowest BCUT2D eigenvalue weighted by Crippen LogP contribution is -2.49. The van der Waals surface area contributed by atoms with Crippen molar-refractivity contribution in [1.82, 2.24) is 14.8 Å². The zero-order chi connectivity index (χ0) is 16.8. The van der Waals surface area contributed by atoms with E-state index in [-0.39, 0.29) is 12.5 Å². The quantitative estimate of drug-likeness (QED) is 0.855. The molecule has 0 bridgehead atoms. The molecule has 1 saturated heterocycles. The number of thiazole rings is 1. The van der Waals surface area contributed by atoms with Crippen LogP contribution in [-0.2, 0) is 0 Å². The maximum absolute atomic E-state index is 12.5. The van der Waals surface area contributed by atoms with Crippen LogP contribution in [0.4, 0.5) is 0 Å². The van der Waals surface area contributed by atoms with Crippen LogP contribution in [0.3, 0.4) is 0 Å². The van der Waals surface area contributed by atoms with E-state index in [2.05, 4.69) is 21.7 Å². The van der Waals surface area contributed by atoms with Crippen LogP contribution in [0.2, 0.25) is 0 Å². The first-order valence-corrected chi connectivity index (χ1v) is 8.73. The van der Waals surface area contributed by atoms with Crippen molar-refractivity contribution in [2.45, 2.75) is 0 Å². The number of aliphatic hydroxyl groups excluding tert-OH is 1. The van der Waals surface area contributed by atoms with Crippen LogP contribution in [0.5, 0.6) is 0 Å². The third-order valence-corrected chi connectivity index (χ3v) is 4.78. The Morgan fingerprint density at radius 2 is 1.92 bits per heavy atom. The van der Waals surface area contributed by atoms with Gasteiger partial charge in [0.15, 0.2) is 5.01 Å². The predicted molar refractivity (Wildman–Crippen MR) is 94.0 cm³/mol. The Bertz CT molecular complexity index is 740. The highest BCUT2D eigenvalue weighted by atomic mass is 32.1. The van der Waals surface area contributed by atoms with Gasteiger partial charge in [0.05, 0.1) is 12.8 Å². The van der Waals surface area contributed by atoms with Gasteiger partial charge >= 0.3 is 0 Å². The zero-order valence-corrected chi connectivity index (χ0v) is 14.1. The molecule has 1 amide bonds. The molecule has 1 aromatic carbocycles. The highest BCUT2D eigenvalue weighted by Crippen LogP contribution is 2.16. The molecule has 0 radical (unpaired) electrons.